The van der Waals surface area contributed by atoms with Crippen molar-refractivity contribution in [2.45, 2.75) is 0 Å². The number of carbonyl (C=O) groups is 1. The van der Waals surface area contributed by atoms with Crippen molar-refractivity contribution in [1.29, 1.82) is 0 Å². The number of hydrogen-bond acceptors (Lipinski definition) is 5. The Labute approximate surface area is 100 Å². The third-order valence-electron chi connectivity index (χ3n) is 2.20. The van der Waals surface area contributed by atoms with Gasteiger partial charge in [0.15, 0.2) is 17.3 Å². The van der Waals surface area contributed by atoms with E-state index in [9.17, 15) is 4.79 Å². The molecule has 0 saturated carbocycles. The Kier molecular flexibility index (Phi) is 5.45. The lowest BCUT2D eigenvalue weighted by atomic mass is 10.1. The molecule has 0 heterocycles. The van der Waals surface area contributed by atoms with Crippen LogP contribution in [0.3, 0.4) is 0 Å². The minimum Gasteiger partial charge on any atom is -0.493 e. The van der Waals surface area contributed by atoms with Gasteiger partial charge in [-0.05, 0) is 18.2 Å². The van der Waals surface area contributed by atoms with Crippen LogP contribution >= 0.6 is 0 Å². The van der Waals surface area contributed by atoms with Gasteiger partial charge in [-0.2, -0.15) is 0 Å². The summed E-state index contributed by atoms with van der Waals surface area (Å²) in [5.41, 5.74) is 5.79. The van der Waals surface area contributed by atoms with E-state index >= 15 is 0 Å². The van der Waals surface area contributed by atoms with Gasteiger partial charge in [-0.3, -0.25) is 4.79 Å². The van der Waals surface area contributed by atoms with E-state index in [1.807, 2.05) is 0 Å². The van der Waals surface area contributed by atoms with Crippen LogP contribution in [0.15, 0.2) is 18.2 Å². The SMILES string of the molecule is COc1ccc(C(=O)COCCN)cc1OC. The molecule has 0 bridgehead atoms. The van der Waals surface area contributed by atoms with Gasteiger partial charge in [0.05, 0.1) is 20.8 Å². The number of hydrogen-bond donors (Lipinski definition) is 1. The van der Waals surface area contributed by atoms with E-state index in [-0.39, 0.29) is 12.4 Å². The Balaban J connectivity index is 2.74. The number of nitrogens with two attached hydrogens (primary N) is 1. The number of Topliss-reactive ketones (excluding diaryl/α,β-unsaturated/α-hetero) is 1. The summed E-state index contributed by atoms with van der Waals surface area (Å²) < 4.78 is 15.3. The van der Waals surface area contributed by atoms with E-state index in [0.29, 0.717) is 30.2 Å². The van der Waals surface area contributed by atoms with Crippen molar-refractivity contribution in [2.24, 2.45) is 5.73 Å². The van der Waals surface area contributed by atoms with Crippen molar-refractivity contribution in [1.82, 2.24) is 0 Å². The van der Waals surface area contributed by atoms with E-state index in [4.69, 9.17) is 19.9 Å². The quantitative estimate of drug-likeness (QED) is 0.564. The second kappa shape index (κ2) is 6.88. The summed E-state index contributed by atoms with van der Waals surface area (Å²) >= 11 is 0. The van der Waals surface area contributed by atoms with Crippen molar-refractivity contribution in [2.75, 3.05) is 34.0 Å². The number of ketones is 1. The maximum absolute atomic E-state index is 11.7. The van der Waals surface area contributed by atoms with E-state index in [1.54, 1.807) is 25.3 Å². The first-order valence-corrected chi connectivity index (χ1v) is 5.26. The van der Waals surface area contributed by atoms with Crippen LogP contribution in [0.25, 0.3) is 0 Å². The van der Waals surface area contributed by atoms with E-state index < -0.39 is 0 Å². The molecule has 0 aromatic heterocycles. The zero-order valence-corrected chi connectivity index (χ0v) is 10.1. The number of benzene rings is 1. The zero-order valence-electron chi connectivity index (χ0n) is 10.1. The molecule has 0 radical (unpaired) electrons. The molecule has 0 saturated heterocycles. The van der Waals surface area contributed by atoms with Gasteiger partial charge in [0, 0.05) is 12.1 Å². The van der Waals surface area contributed by atoms with Crippen LogP contribution in [-0.4, -0.2) is 39.8 Å². The van der Waals surface area contributed by atoms with Crippen LogP contribution in [0.2, 0.25) is 0 Å². The van der Waals surface area contributed by atoms with E-state index in [0.717, 1.165) is 0 Å². The molecule has 0 amide bonds. The molecule has 5 nitrogen and oxygen atoms in total. The van der Waals surface area contributed by atoms with Crippen molar-refractivity contribution in [3.05, 3.63) is 23.8 Å². The van der Waals surface area contributed by atoms with Gasteiger partial charge >= 0.3 is 0 Å². The lowest BCUT2D eigenvalue weighted by Gasteiger charge is -2.09. The van der Waals surface area contributed by atoms with Crippen LogP contribution < -0.4 is 15.2 Å². The highest BCUT2D eigenvalue weighted by Gasteiger charge is 2.10. The maximum atomic E-state index is 11.7. The molecule has 1 aromatic rings. The first kappa shape index (κ1) is 13.5. The highest BCUT2D eigenvalue weighted by Crippen LogP contribution is 2.27. The Bertz CT molecular complexity index is 379. The molecule has 0 aliphatic rings. The molecule has 0 aliphatic carbocycles. The van der Waals surface area contributed by atoms with Crippen molar-refractivity contribution in [3.63, 3.8) is 0 Å². The molecule has 0 fully saturated rings. The zero-order chi connectivity index (χ0) is 12.7. The first-order valence-electron chi connectivity index (χ1n) is 5.26. The van der Waals surface area contributed by atoms with Gasteiger partial charge in [-0.25, -0.2) is 0 Å². The standard InChI is InChI=1S/C12H17NO4/c1-15-11-4-3-9(7-12(11)16-2)10(14)8-17-6-5-13/h3-4,7H,5-6,8,13H2,1-2H3. The topological polar surface area (TPSA) is 70.8 Å². The third-order valence-corrected chi connectivity index (χ3v) is 2.20. The predicted molar refractivity (Wildman–Crippen MR) is 63.7 cm³/mol. The summed E-state index contributed by atoms with van der Waals surface area (Å²) in [7, 11) is 3.07. The van der Waals surface area contributed by atoms with Crippen molar-refractivity contribution in [3.8, 4) is 11.5 Å². The van der Waals surface area contributed by atoms with Crippen LogP contribution in [0, 0.1) is 0 Å². The second-order valence-corrected chi connectivity index (χ2v) is 3.33. The molecule has 1 rings (SSSR count). The lowest BCUT2D eigenvalue weighted by molar-refractivity contribution is 0.0774. The molecule has 2 N–H and O–H groups in total. The fourth-order valence-corrected chi connectivity index (χ4v) is 1.34. The smallest absolute Gasteiger partial charge is 0.188 e. The van der Waals surface area contributed by atoms with Gasteiger partial charge in [0.25, 0.3) is 0 Å². The van der Waals surface area contributed by atoms with E-state index in [2.05, 4.69) is 0 Å². The molecular formula is C12H17NO4. The molecule has 0 spiro atoms. The minimum atomic E-state index is -0.112. The Morgan fingerprint density at radius 1 is 1.24 bits per heavy atom. The average Bonchev–Trinajstić information content (AvgIpc) is 2.38. The highest BCUT2D eigenvalue weighted by atomic mass is 16.5. The van der Waals surface area contributed by atoms with Crippen LogP contribution in [-0.2, 0) is 4.74 Å². The minimum absolute atomic E-state index is 0.0205. The van der Waals surface area contributed by atoms with Crippen molar-refractivity contribution >= 4 is 5.78 Å². The molecule has 17 heavy (non-hydrogen) atoms. The average molecular weight is 239 g/mol. The number of ether oxygens (including phenoxy) is 3. The molecule has 0 aliphatic heterocycles. The van der Waals surface area contributed by atoms with Gasteiger partial charge in [-0.1, -0.05) is 0 Å². The molecule has 5 heteroatoms. The largest absolute Gasteiger partial charge is 0.493 e. The van der Waals surface area contributed by atoms with Gasteiger partial charge in [-0.15, -0.1) is 0 Å². The summed E-state index contributed by atoms with van der Waals surface area (Å²) in [5, 5.41) is 0. The summed E-state index contributed by atoms with van der Waals surface area (Å²) in [6.07, 6.45) is 0. The highest BCUT2D eigenvalue weighted by molar-refractivity contribution is 5.97. The monoisotopic (exact) mass is 239 g/mol. The third kappa shape index (κ3) is 3.72. The van der Waals surface area contributed by atoms with Gasteiger partial charge < -0.3 is 19.9 Å². The lowest BCUT2D eigenvalue weighted by Crippen LogP contribution is -2.14. The molecule has 0 unspecified atom stereocenters. The second-order valence-electron chi connectivity index (χ2n) is 3.33. The first-order chi connectivity index (χ1) is 8.22. The fraction of sp³-hybridized carbons (Fsp3) is 0.417. The van der Waals surface area contributed by atoms with Gasteiger partial charge in [0.2, 0.25) is 0 Å². The summed E-state index contributed by atoms with van der Waals surface area (Å²) in [4.78, 5) is 11.7. The number of methoxy groups -OCH3 is 2. The normalized spacial score (nSPS) is 10.1. The number of rotatable bonds is 7. The molecular weight excluding hydrogens is 222 g/mol. The van der Waals surface area contributed by atoms with Crippen LogP contribution in [0.4, 0.5) is 0 Å². The number of carbonyl (C=O) groups excluding carboxylic acids is 1. The summed E-state index contributed by atoms with van der Waals surface area (Å²) in [6.45, 7) is 0.797. The fourth-order valence-electron chi connectivity index (χ4n) is 1.34. The van der Waals surface area contributed by atoms with Gasteiger partial charge in [0.1, 0.15) is 6.61 Å². The Morgan fingerprint density at radius 3 is 2.53 bits per heavy atom. The van der Waals surface area contributed by atoms with Crippen LogP contribution in [0.5, 0.6) is 11.5 Å². The molecule has 94 valence electrons. The Morgan fingerprint density at radius 2 is 1.94 bits per heavy atom. The maximum Gasteiger partial charge on any atom is 0.188 e. The summed E-state index contributed by atoms with van der Waals surface area (Å²) in [5.74, 6) is 1.00. The van der Waals surface area contributed by atoms with Crippen LogP contribution in [0.1, 0.15) is 10.4 Å². The predicted octanol–water partition coefficient (Wildman–Crippen LogP) is 0.862. The van der Waals surface area contributed by atoms with E-state index in [1.165, 1.54) is 7.11 Å². The van der Waals surface area contributed by atoms with Crippen molar-refractivity contribution < 1.29 is 19.0 Å². The molecule has 1 aromatic carbocycles. The summed E-state index contributed by atoms with van der Waals surface area (Å²) in [6, 6.07) is 5.00. The molecule has 0 atom stereocenters. The Hall–Kier alpha value is -1.59.